The molecule has 0 aliphatic carbocycles. The van der Waals surface area contributed by atoms with Crippen molar-refractivity contribution in [1.29, 1.82) is 0 Å². The number of pyridine rings is 1. The van der Waals surface area contributed by atoms with Crippen LogP contribution in [-0.4, -0.2) is 16.5 Å². The number of nitrogens with zero attached hydrogens (tertiary/aromatic N) is 2. The van der Waals surface area contributed by atoms with Crippen LogP contribution in [0.4, 0.5) is 5.69 Å². The van der Waals surface area contributed by atoms with Crippen molar-refractivity contribution in [3.63, 3.8) is 0 Å². The fourth-order valence-corrected chi connectivity index (χ4v) is 1.22. The highest BCUT2D eigenvalue weighted by Gasteiger charge is 2.17. The summed E-state index contributed by atoms with van der Waals surface area (Å²) in [4.78, 5) is 14.0. The molecular formula is C9H11BrN2O3. The van der Waals surface area contributed by atoms with E-state index in [1.165, 1.54) is 12.3 Å². The molecule has 15 heavy (non-hydrogen) atoms. The molecule has 1 aromatic rings. The molecule has 0 bridgehead atoms. The quantitative estimate of drug-likeness (QED) is 0.626. The van der Waals surface area contributed by atoms with Gasteiger partial charge in [0.05, 0.1) is 11.5 Å². The summed E-state index contributed by atoms with van der Waals surface area (Å²) >= 11 is 3.12. The van der Waals surface area contributed by atoms with Crippen LogP contribution >= 0.6 is 15.9 Å². The van der Waals surface area contributed by atoms with Gasteiger partial charge in [-0.1, -0.05) is 13.8 Å². The number of hydrogen-bond acceptors (Lipinski definition) is 4. The summed E-state index contributed by atoms with van der Waals surface area (Å²) in [5.41, 5.74) is -0.120. The molecule has 6 heteroatoms. The van der Waals surface area contributed by atoms with E-state index in [1.54, 1.807) is 0 Å². The standard InChI is InChI=1S/C9H11BrN2O3/c1-6(2)5-15-9-8(12(13)14)3-7(10)4-11-9/h3-4,6H,5H2,1-2H3. The van der Waals surface area contributed by atoms with E-state index >= 15 is 0 Å². The zero-order valence-corrected chi connectivity index (χ0v) is 10.0. The molecule has 0 N–H and O–H groups in total. The lowest BCUT2D eigenvalue weighted by Crippen LogP contribution is -2.07. The highest BCUT2D eigenvalue weighted by Crippen LogP contribution is 2.27. The van der Waals surface area contributed by atoms with Crippen molar-refractivity contribution in [3.05, 3.63) is 26.9 Å². The van der Waals surface area contributed by atoms with Crippen LogP contribution < -0.4 is 4.74 Å². The van der Waals surface area contributed by atoms with Crippen molar-refractivity contribution in [1.82, 2.24) is 4.98 Å². The van der Waals surface area contributed by atoms with Gasteiger partial charge in [0.1, 0.15) is 0 Å². The molecule has 0 aromatic carbocycles. The first-order valence-electron chi connectivity index (χ1n) is 4.43. The highest BCUT2D eigenvalue weighted by atomic mass is 79.9. The molecule has 0 atom stereocenters. The Morgan fingerprint density at radius 1 is 1.67 bits per heavy atom. The summed E-state index contributed by atoms with van der Waals surface area (Å²) in [5.74, 6) is 0.368. The molecule has 1 heterocycles. The van der Waals surface area contributed by atoms with Gasteiger partial charge < -0.3 is 4.74 Å². The van der Waals surface area contributed by atoms with E-state index in [0.29, 0.717) is 17.0 Å². The van der Waals surface area contributed by atoms with E-state index in [9.17, 15) is 10.1 Å². The molecule has 0 saturated heterocycles. The first kappa shape index (κ1) is 11.9. The molecule has 0 fully saturated rings. The second-order valence-electron chi connectivity index (χ2n) is 3.44. The molecule has 1 rings (SSSR count). The Kier molecular flexibility index (Phi) is 4.02. The number of rotatable bonds is 4. The summed E-state index contributed by atoms with van der Waals surface area (Å²) in [7, 11) is 0. The van der Waals surface area contributed by atoms with E-state index in [1.807, 2.05) is 13.8 Å². The average Bonchev–Trinajstić information content (AvgIpc) is 2.15. The van der Waals surface area contributed by atoms with Gasteiger partial charge in [-0.15, -0.1) is 0 Å². The third-order valence-corrected chi connectivity index (χ3v) is 1.98. The minimum Gasteiger partial charge on any atom is -0.473 e. The van der Waals surface area contributed by atoms with E-state index in [2.05, 4.69) is 20.9 Å². The van der Waals surface area contributed by atoms with Crippen molar-refractivity contribution in [2.75, 3.05) is 6.61 Å². The average molecular weight is 275 g/mol. The Balaban J connectivity index is 2.91. The Hall–Kier alpha value is -1.17. The van der Waals surface area contributed by atoms with Gasteiger partial charge in [-0.05, 0) is 21.8 Å². The van der Waals surface area contributed by atoms with Crippen LogP contribution in [0.3, 0.4) is 0 Å². The summed E-state index contributed by atoms with van der Waals surface area (Å²) in [5, 5.41) is 10.7. The Labute approximate surface area is 95.7 Å². The first-order valence-corrected chi connectivity index (χ1v) is 5.22. The fraction of sp³-hybridized carbons (Fsp3) is 0.444. The first-order chi connectivity index (χ1) is 7.00. The Morgan fingerprint density at radius 3 is 2.87 bits per heavy atom. The lowest BCUT2D eigenvalue weighted by atomic mass is 10.2. The second kappa shape index (κ2) is 5.06. The number of ether oxygens (including phenoxy) is 1. The highest BCUT2D eigenvalue weighted by molar-refractivity contribution is 9.10. The molecular weight excluding hydrogens is 264 g/mol. The zero-order valence-electron chi connectivity index (χ0n) is 8.44. The second-order valence-corrected chi connectivity index (χ2v) is 4.36. The number of hydrogen-bond donors (Lipinski definition) is 0. The topological polar surface area (TPSA) is 65.3 Å². The lowest BCUT2D eigenvalue weighted by Gasteiger charge is -2.07. The molecule has 0 unspecified atom stereocenters. The van der Waals surface area contributed by atoms with Crippen LogP contribution in [0.2, 0.25) is 0 Å². The zero-order chi connectivity index (χ0) is 11.4. The predicted molar refractivity (Wildman–Crippen MR) is 58.9 cm³/mol. The maximum atomic E-state index is 10.7. The van der Waals surface area contributed by atoms with E-state index in [-0.39, 0.29) is 11.6 Å². The third-order valence-electron chi connectivity index (χ3n) is 1.55. The van der Waals surface area contributed by atoms with Crippen molar-refractivity contribution in [2.45, 2.75) is 13.8 Å². The number of aromatic nitrogens is 1. The van der Waals surface area contributed by atoms with Gasteiger partial charge in [0, 0.05) is 16.7 Å². The molecule has 1 aromatic heterocycles. The molecule has 0 radical (unpaired) electrons. The molecule has 0 amide bonds. The molecule has 0 aliphatic rings. The van der Waals surface area contributed by atoms with Crippen molar-refractivity contribution in [3.8, 4) is 5.88 Å². The van der Waals surface area contributed by atoms with Crippen LogP contribution in [0.1, 0.15) is 13.8 Å². The summed E-state index contributed by atoms with van der Waals surface area (Å²) in [6.45, 7) is 4.34. The van der Waals surface area contributed by atoms with Crippen LogP contribution in [0.15, 0.2) is 16.7 Å². The van der Waals surface area contributed by atoms with E-state index < -0.39 is 4.92 Å². The van der Waals surface area contributed by atoms with Crippen molar-refractivity contribution in [2.24, 2.45) is 5.92 Å². The maximum absolute atomic E-state index is 10.7. The van der Waals surface area contributed by atoms with Crippen LogP contribution in [0.25, 0.3) is 0 Å². The van der Waals surface area contributed by atoms with Gasteiger partial charge in [-0.3, -0.25) is 10.1 Å². The summed E-state index contributed by atoms with van der Waals surface area (Å²) in [6.07, 6.45) is 1.47. The van der Waals surface area contributed by atoms with E-state index in [4.69, 9.17) is 4.74 Å². The predicted octanol–water partition coefficient (Wildman–Crippen LogP) is 2.79. The monoisotopic (exact) mass is 274 g/mol. The maximum Gasteiger partial charge on any atom is 0.332 e. The van der Waals surface area contributed by atoms with Gasteiger partial charge in [0.2, 0.25) is 0 Å². The summed E-state index contributed by atoms with van der Waals surface area (Å²) < 4.78 is 5.80. The van der Waals surface area contributed by atoms with Crippen LogP contribution in [0.5, 0.6) is 5.88 Å². The minimum absolute atomic E-state index is 0.0666. The molecule has 0 spiro atoms. The van der Waals surface area contributed by atoms with Crippen LogP contribution in [0, 0.1) is 16.0 Å². The SMILES string of the molecule is CC(C)COc1ncc(Br)cc1[N+](=O)[O-]. The molecule has 0 saturated carbocycles. The van der Waals surface area contributed by atoms with Gasteiger partial charge in [-0.25, -0.2) is 4.98 Å². The van der Waals surface area contributed by atoms with Crippen molar-refractivity contribution >= 4 is 21.6 Å². The smallest absolute Gasteiger partial charge is 0.332 e. The van der Waals surface area contributed by atoms with Crippen LogP contribution in [-0.2, 0) is 0 Å². The largest absolute Gasteiger partial charge is 0.473 e. The summed E-state index contributed by atoms with van der Waals surface area (Å²) in [6, 6.07) is 1.38. The molecule has 5 nitrogen and oxygen atoms in total. The van der Waals surface area contributed by atoms with Gasteiger partial charge >= 0.3 is 5.69 Å². The van der Waals surface area contributed by atoms with E-state index in [0.717, 1.165) is 0 Å². The normalized spacial score (nSPS) is 10.4. The van der Waals surface area contributed by atoms with Gasteiger partial charge in [0.25, 0.3) is 5.88 Å². The van der Waals surface area contributed by atoms with Gasteiger partial charge in [0.15, 0.2) is 0 Å². The number of nitro groups is 1. The Bertz CT molecular complexity index is 368. The Morgan fingerprint density at radius 2 is 2.33 bits per heavy atom. The van der Waals surface area contributed by atoms with Crippen molar-refractivity contribution < 1.29 is 9.66 Å². The number of halogens is 1. The lowest BCUT2D eigenvalue weighted by molar-refractivity contribution is -0.386. The fourth-order valence-electron chi connectivity index (χ4n) is 0.904. The molecule has 0 aliphatic heterocycles. The minimum atomic E-state index is -0.507. The molecule has 82 valence electrons. The third kappa shape index (κ3) is 3.47. The van der Waals surface area contributed by atoms with Gasteiger partial charge in [-0.2, -0.15) is 0 Å².